The largest absolute Gasteiger partial charge is 0.490 e. The molecule has 19 heavy (non-hydrogen) atoms. The molecule has 1 aliphatic rings. The molecule has 0 radical (unpaired) electrons. The second-order valence-corrected chi connectivity index (χ2v) is 4.63. The molecule has 1 aliphatic heterocycles. The number of ether oxygens (including phenoxy) is 1. The minimum absolute atomic E-state index is 0.0992. The number of hydrogen-bond donors (Lipinski definition) is 1. The van der Waals surface area contributed by atoms with Gasteiger partial charge in [0.1, 0.15) is 0 Å². The molecule has 0 unspecified atom stereocenters. The summed E-state index contributed by atoms with van der Waals surface area (Å²) in [6.07, 6.45) is 0. The maximum Gasteiger partial charge on any atom is 0.313 e. The zero-order chi connectivity index (χ0) is 14.0. The summed E-state index contributed by atoms with van der Waals surface area (Å²) in [6.45, 7) is 3.58. The van der Waals surface area contributed by atoms with E-state index in [2.05, 4.69) is 16.8 Å². The van der Waals surface area contributed by atoms with Crippen molar-refractivity contribution < 1.29 is 9.66 Å². The number of hydrogen-bond acceptors (Lipinski definition) is 6. The molecule has 0 atom stereocenters. The van der Waals surface area contributed by atoms with Crippen molar-refractivity contribution in [1.82, 2.24) is 4.90 Å². The first-order chi connectivity index (χ1) is 9.02. The zero-order valence-electron chi connectivity index (χ0n) is 11.1. The van der Waals surface area contributed by atoms with Crippen molar-refractivity contribution in [2.75, 3.05) is 51.0 Å². The van der Waals surface area contributed by atoms with E-state index in [0.717, 1.165) is 31.9 Å². The van der Waals surface area contributed by atoms with Crippen molar-refractivity contribution in [3.05, 3.63) is 22.2 Å². The van der Waals surface area contributed by atoms with Gasteiger partial charge in [-0.25, -0.2) is 0 Å². The first-order valence-electron chi connectivity index (χ1n) is 6.08. The van der Waals surface area contributed by atoms with Gasteiger partial charge in [-0.2, -0.15) is 0 Å². The number of likely N-dealkylation sites (N-methyl/N-ethyl adjacent to an activating group) is 1. The quantitative estimate of drug-likeness (QED) is 0.498. The Balaban J connectivity index is 2.33. The number of rotatable bonds is 3. The molecule has 0 aliphatic carbocycles. The van der Waals surface area contributed by atoms with Gasteiger partial charge in [-0.3, -0.25) is 10.1 Å². The van der Waals surface area contributed by atoms with E-state index in [-0.39, 0.29) is 11.4 Å². The van der Waals surface area contributed by atoms with Crippen LogP contribution < -0.4 is 15.4 Å². The van der Waals surface area contributed by atoms with Crippen LogP contribution in [-0.4, -0.2) is 50.2 Å². The van der Waals surface area contributed by atoms with Crippen molar-refractivity contribution in [3.63, 3.8) is 0 Å². The van der Waals surface area contributed by atoms with Crippen LogP contribution in [0.15, 0.2) is 12.1 Å². The van der Waals surface area contributed by atoms with Crippen LogP contribution in [0.4, 0.5) is 17.1 Å². The van der Waals surface area contributed by atoms with E-state index in [9.17, 15) is 10.1 Å². The van der Waals surface area contributed by atoms with Crippen LogP contribution in [0.5, 0.6) is 5.75 Å². The Labute approximate surface area is 111 Å². The predicted molar refractivity (Wildman–Crippen MR) is 73.8 cm³/mol. The lowest BCUT2D eigenvalue weighted by Gasteiger charge is -2.34. The minimum atomic E-state index is -0.483. The van der Waals surface area contributed by atoms with E-state index in [1.807, 2.05) is 0 Å². The summed E-state index contributed by atoms with van der Waals surface area (Å²) < 4.78 is 5.08. The maximum atomic E-state index is 10.9. The number of nitrogens with zero attached hydrogens (tertiary/aromatic N) is 3. The number of nitrogens with two attached hydrogens (primary N) is 1. The Morgan fingerprint density at radius 1 is 1.32 bits per heavy atom. The number of nitrogen functional groups attached to an aromatic ring is 1. The first-order valence-corrected chi connectivity index (χ1v) is 6.08. The molecule has 0 spiro atoms. The molecule has 1 heterocycles. The van der Waals surface area contributed by atoms with E-state index in [0.29, 0.717) is 5.69 Å². The topological polar surface area (TPSA) is 84.9 Å². The molecule has 104 valence electrons. The molecule has 2 rings (SSSR count). The van der Waals surface area contributed by atoms with E-state index in [4.69, 9.17) is 10.5 Å². The van der Waals surface area contributed by atoms with Gasteiger partial charge in [0.25, 0.3) is 0 Å². The molecule has 2 N–H and O–H groups in total. The summed E-state index contributed by atoms with van der Waals surface area (Å²) in [6, 6.07) is 3.02. The first kappa shape index (κ1) is 13.4. The average Bonchev–Trinajstić information content (AvgIpc) is 2.39. The van der Waals surface area contributed by atoms with Gasteiger partial charge in [-0.05, 0) is 7.05 Å². The van der Waals surface area contributed by atoms with E-state index >= 15 is 0 Å². The summed E-state index contributed by atoms with van der Waals surface area (Å²) in [5.41, 5.74) is 7.05. The van der Waals surface area contributed by atoms with E-state index in [1.54, 1.807) is 6.07 Å². The summed E-state index contributed by atoms with van der Waals surface area (Å²) >= 11 is 0. The van der Waals surface area contributed by atoms with Crippen LogP contribution in [0.3, 0.4) is 0 Å². The Hall–Kier alpha value is -2.02. The maximum absolute atomic E-state index is 10.9. The number of nitro groups is 1. The Bertz CT molecular complexity index is 484. The number of methoxy groups -OCH3 is 1. The highest BCUT2D eigenvalue weighted by molar-refractivity contribution is 5.75. The lowest BCUT2D eigenvalue weighted by Crippen LogP contribution is -2.44. The SMILES string of the molecule is COc1cc(N2CCN(C)CC2)c(N)cc1[N+](=O)[O-]. The van der Waals surface area contributed by atoms with E-state index < -0.39 is 4.92 Å². The third-order valence-electron chi connectivity index (χ3n) is 3.37. The van der Waals surface area contributed by atoms with Crippen molar-refractivity contribution in [3.8, 4) is 5.75 Å². The second kappa shape index (κ2) is 5.31. The Morgan fingerprint density at radius 2 is 1.95 bits per heavy atom. The van der Waals surface area contributed by atoms with Crippen LogP contribution in [-0.2, 0) is 0 Å². The highest BCUT2D eigenvalue weighted by Gasteiger charge is 2.22. The van der Waals surface area contributed by atoms with Gasteiger partial charge < -0.3 is 20.3 Å². The standard InChI is InChI=1S/C12H18N4O3/c1-14-3-5-15(6-4-14)10-8-12(19-2)11(16(17)18)7-9(10)13/h7-8H,3-6,13H2,1-2H3. The molecule has 0 bridgehead atoms. The Morgan fingerprint density at radius 3 is 2.47 bits per heavy atom. The average molecular weight is 266 g/mol. The predicted octanol–water partition coefficient (Wildman–Crippen LogP) is 0.937. The lowest BCUT2D eigenvalue weighted by molar-refractivity contribution is -0.385. The lowest BCUT2D eigenvalue weighted by atomic mass is 10.2. The van der Waals surface area contributed by atoms with Gasteiger partial charge in [0.15, 0.2) is 5.75 Å². The van der Waals surface area contributed by atoms with Crippen LogP contribution in [0.1, 0.15) is 0 Å². The van der Waals surface area contributed by atoms with Gasteiger partial charge in [0.2, 0.25) is 0 Å². The van der Waals surface area contributed by atoms with Gasteiger partial charge in [-0.15, -0.1) is 0 Å². The van der Waals surface area contributed by atoms with Crippen molar-refractivity contribution >= 4 is 17.1 Å². The summed E-state index contributed by atoms with van der Waals surface area (Å²) in [5.74, 6) is 0.244. The highest BCUT2D eigenvalue weighted by atomic mass is 16.6. The highest BCUT2D eigenvalue weighted by Crippen LogP contribution is 2.36. The molecule has 7 nitrogen and oxygen atoms in total. The smallest absolute Gasteiger partial charge is 0.313 e. The van der Waals surface area contributed by atoms with Gasteiger partial charge in [0.05, 0.1) is 23.4 Å². The zero-order valence-corrected chi connectivity index (χ0v) is 11.1. The molecule has 7 heteroatoms. The van der Waals surface area contributed by atoms with Crippen LogP contribution >= 0.6 is 0 Å². The molecule has 1 fully saturated rings. The fraction of sp³-hybridized carbons (Fsp3) is 0.500. The molecular formula is C12H18N4O3. The fourth-order valence-electron chi connectivity index (χ4n) is 2.20. The molecule has 1 aromatic carbocycles. The van der Waals surface area contributed by atoms with Crippen LogP contribution in [0.2, 0.25) is 0 Å². The molecule has 0 aromatic heterocycles. The third kappa shape index (κ3) is 2.70. The number of nitro benzene ring substituents is 1. The van der Waals surface area contributed by atoms with Crippen molar-refractivity contribution in [2.24, 2.45) is 0 Å². The molecular weight excluding hydrogens is 248 g/mol. The number of piperazine rings is 1. The van der Waals surface area contributed by atoms with Crippen LogP contribution in [0, 0.1) is 10.1 Å². The fourth-order valence-corrected chi connectivity index (χ4v) is 2.20. The molecule has 0 saturated carbocycles. The number of anilines is 2. The van der Waals surface area contributed by atoms with Gasteiger partial charge in [-0.1, -0.05) is 0 Å². The monoisotopic (exact) mass is 266 g/mol. The molecule has 0 amide bonds. The molecule has 1 aromatic rings. The van der Waals surface area contributed by atoms with Gasteiger partial charge >= 0.3 is 5.69 Å². The number of benzene rings is 1. The molecule has 1 saturated heterocycles. The Kier molecular flexibility index (Phi) is 3.75. The van der Waals surface area contributed by atoms with Crippen molar-refractivity contribution in [1.29, 1.82) is 0 Å². The second-order valence-electron chi connectivity index (χ2n) is 4.63. The summed E-state index contributed by atoms with van der Waals surface area (Å²) in [4.78, 5) is 14.8. The summed E-state index contributed by atoms with van der Waals surface area (Å²) in [5, 5.41) is 10.9. The van der Waals surface area contributed by atoms with Crippen LogP contribution in [0.25, 0.3) is 0 Å². The van der Waals surface area contributed by atoms with Gasteiger partial charge in [0, 0.05) is 38.3 Å². The third-order valence-corrected chi connectivity index (χ3v) is 3.37. The van der Waals surface area contributed by atoms with E-state index in [1.165, 1.54) is 13.2 Å². The minimum Gasteiger partial charge on any atom is -0.490 e. The van der Waals surface area contributed by atoms with Crippen molar-refractivity contribution in [2.45, 2.75) is 0 Å². The normalized spacial score (nSPS) is 16.4. The summed E-state index contributed by atoms with van der Waals surface area (Å²) in [7, 11) is 3.49.